The van der Waals surface area contributed by atoms with Gasteiger partial charge < -0.3 is 27.8 Å². The largest absolute Gasteiger partial charge is 0.486 e. The molecule has 13 rings (SSSR count). The molecule has 8 nitrogen and oxygen atoms in total. The van der Waals surface area contributed by atoms with Gasteiger partial charge in [0.2, 0.25) is 11.8 Å². The summed E-state index contributed by atoms with van der Waals surface area (Å²) in [6.45, 7) is 15.2. The van der Waals surface area contributed by atoms with Crippen molar-refractivity contribution in [3.05, 3.63) is 151 Å². The first kappa shape index (κ1) is 39.8. The van der Waals surface area contributed by atoms with Crippen molar-refractivity contribution in [2.24, 2.45) is 0 Å². The van der Waals surface area contributed by atoms with Crippen molar-refractivity contribution in [3.8, 4) is 45.3 Å². The number of furan rings is 2. The zero-order chi connectivity index (χ0) is 45.3. The maximum atomic E-state index is 7.32. The van der Waals surface area contributed by atoms with Crippen LogP contribution in [0.1, 0.15) is 52.7 Å². The first-order valence-corrected chi connectivity index (χ1v) is 23.3. The van der Waals surface area contributed by atoms with E-state index in [0.29, 0.717) is 37.9 Å². The van der Waals surface area contributed by atoms with Gasteiger partial charge in [0.1, 0.15) is 37.6 Å². The second-order valence-electron chi connectivity index (χ2n) is 20.1. The number of nitrogens with zero attached hydrogens (tertiary/aromatic N) is 2. The molecule has 9 aromatic rings. The molecule has 4 aliphatic heterocycles. The van der Waals surface area contributed by atoms with E-state index in [4.69, 9.17) is 27.8 Å². The molecule has 0 spiro atoms. The number of fused-ring (bicyclic) bond motifs is 10. The van der Waals surface area contributed by atoms with Gasteiger partial charge in [0.05, 0.1) is 11.4 Å². The van der Waals surface area contributed by atoms with Crippen LogP contribution in [0.2, 0.25) is 0 Å². The number of rotatable bonds is 4. The molecule has 4 aliphatic rings. The Hall–Kier alpha value is -7.52. The predicted octanol–water partition coefficient (Wildman–Crippen LogP) is 12.7. The summed E-state index contributed by atoms with van der Waals surface area (Å²) in [5.74, 6) is 4.36. The fraction of sp³-hybridized carbons (Fsp3) is 0.207. The summed E-state index contributed by atoms with van der Waals surface area (Å²) >= 11 is 0. The van der Waals surface area contributed by atoms with Gasteiger partial charge in [-0.15, -0.1) is 0 Å². The standard InChI is InChI=1S/C58H49BN2O6/c1-57(2,3)36-20-22-46-40(28-36)52-55(66-46)60(44-32-50-48(62-24-26-64-50)30-38(44)34-14-9-7-10-15-34)42-18-13-19-43-54(42)59(52)53-41-29-37(58(4,5)6)21-23-47(41)67-56(53)61(43)45-33-51-49(63-25-27-65-51)31-39(45)35-16-11-8-12-17-35/h7-23,28-33H,24-27H2,1-6H3. The van der Waals surface area contributed by atoms with E-state index in [1.165, 1.54) is 11.1 Å². The van der Waals surface area contributed by atoms with Gasteiger partial charge in [0, 0.05) is 56.3 Å². The van der Waals surface area contributed by atoms with Gasteiger partial charge in [-0.3, -0.25) is 9.80 Å². The van der Waals surface area contributed by atoms with Crippen molar-refractivity contribution >= 4 is 79.6 Å². The highest BCUT2D eigenvalue weighted by Gasteiger charge is 2.50. The molecule has 0 bridgehead atoms. The van der Waals surface area contributed by atoms with Crippen molar-refractivity contribution in [1.82, 2.24) is 0 Å². The van der Waals surface area contributed by atoms with Crippen LogP contribution in [0.3, 0.4) is 0 Å². The molecule has 0 saturated carbocycles. The summed E-state index contributed by atoms with van der Waals surface area (Å²) in [4.78, 5) is 4.66. The monoisotopic (exact) mass is 880 g/mol. The van der Waals surface area contributed by atoms with E-state index in [-0.39, 0.29) is 17.5 Å². The first-order valence-electron chi connectivity index (χ1n) is 23.3. The number of hydrogen-bond donors (Lipinski definition) is 0. The molecule has 330 valence electrons. The molecule has 0 N–H and O–H groups in total. The molecule has 67 heavy (non-hydrogen) atoms. The van der Waals surface area contributed by atoms with E-state index in [9.17, 15) is 0 Å². The lowest BCUT2D eigenvalue weighted by Crippen LogP contribution is -2.60. The van der Waals surface area contributed by atoms with Gasteiger partial charge in [-0.1, -0.05) is 120 Å². The van der Waals surface area contributed by atoms with Gasteiger partial charge >= 0.3 is 0 Å². The lowest BCUT2D eigenvalue weighted by atomic mass is 9.33. The van der Waals surface area contributed by atoms with Gasteiger partial charge in [0.25, 0.3) is 6.71 Å². The first-order chi connectivity index (χ1) is 32.5. The van der Waals surface area contributed by atoms with E-state index in [0.717, 1.165) is 107 Å². The fourth-order valence-electron chi connectivity index (χ4n) is 10.6. The van der Waals surface area contributed by atoms with Crippen LogP contribution in [0.25, 0.3) is 44.2 Å². The smallest absolute Gasteiger partial charge is 0.262 e. The van der Waals surface area contributed by atoms with Gasteiger partial charge in [0.15, 0.2) is 23.0 Å². The summed E-state index contributed by atoms with van der Waals surface area (Å²) < 4.78 is 40.0. The molecule has 0 amide bonds. The zero-order valence-corrected chi connectivity index (χ0v) is 38.5. The lowest BCUT2D eigenvalue weighted by molar-refractivity contribution is 0.172. The fourth-order valence-corrected chi connectivity index (χ4v) is 10.6. The van der Waals surface area contributed by atoms with Crippen LogP contribution in [0, 0.1) is 0 Å². The molecular formula is C58H49BN2O6. The van der Waals surface area contributed by atoms with Gasteiger partial charge in [-0.25, -0.2) is 0 Å². The molecule has 0 atom stereocenters. The van der Waals surface area contributed by atoms with Crippen LogP contribution in [0.15, 0.2) is 148 Å². The average molecular weight is 881 g/mol. The summed E-state index contributed by atoms with van der Waals surface area (Å²) in [5, 5.41) is 2.14. The van der Waals surface area contributed by atoms with Crippen molar-refractivity contribution in [1.29, 1.82) is 0 Å². The van der Waals surface area contributed by atoms with Gasteiger partial charge in [-0.2, -0.15) is 0 Å². The third-order valence-corrected chi connectivity index (χ3v) is 13.9. The molecule has 0 radical (unpaired) electrons. The molecular weight excluding hydrogens is 831 g/mol. The van der Waals surface area contributed by atoms with E-state index in [1.54, 1.807) is 0 Å². The van der Waals surface area contributed by atoms with Crippen LogP contribution in [0.4, 0.5) is 34.5 Å². The Kier molecular flexibility index (Phi) is 8.61. The number of hydrogen-bond acceptors (Lipinski definition) is 8. The zero-order valence-electron chi connectivity index (χ0n) is 38.5. The van der Waals surface area contributed by atoms with Crippen molar-refractivity contribution in [3.63, 3.8) is 0 Å². The molecule has 6 heterocycles. The molecule has 2 aromatic heterocycles. The third kappa shape index (κ3) is 6.13. The minimum Gasteiger partial charge on any atom is -0.486 e. The molecule has 7 aromatic carbocycles. The molecule has 0 unspecified atom stereocenters. The third-order valence-electron chi connectivity index (χ3n) is 13.9. The van der Waals surface area contributed by atoms with Gasteiger partial charge in [-0.05, 0) is 87.1 Å². The molecule has 0 saturated heterocycles. The highest BCUT2D eigenvalue weighted by Crippen LogP contribution is 2.54. The Bertz CT molecular complexity index is 3250. The Balaban J connectivity index is 1.18. The van der Waals surface area contributed by atoms with E-state index >= 15 is 0 Å². The molecule has 9 heteroatoms. The highest BCUT2D eigenvalue weighted by atomic mass is 16.6. The second-order valence-corrected chi connectivity index (χ2v) is 20.1. The number of anilines is 6. The minimum absolute atomic E-state index is 0.114. The topological polar surface area (TPSA) is 69.7 Å². The number of benzene rings is 7. The van der Waals surface area contributed by atoms with E-state index in [2.05, 4.69) is 191 Å². The minimum atomic E-state index is -0.286. The summed E-state index contributed by atoms with van der Waals surface area (Å²) in [6, 6.07) is 49.7. The van der Waals surface area contributed by atoms with Crippen LogP contribution >= 0.6 is 0 Å². The Morgan fingerprint density at radius 3 is 1.21 bits per heavy atom. The Labute approximate surface area is 390 Å². The second kappa shape index (κ2) is 14.5. The van der Waals surface area contributed by atoms with Crippen LogP contribution < -0.4 is 45.1 Å². The predicted molar refractivity (Wildman–Crippen MR) is 270 cm³/mol. The van der Waals surface area contributed by atoms with Crippen LogP contribution in [-0.2, 0) is 10.8 Å². The summed E-state index contributed by atoms with van der Waals surface area (Å²) in [6.07, 6.45) is 0. The normalized spacial score (nSPS) is 14.9. The SMILES string of the molecule is CC(C)(C)c1ccc2oc3c(c2c1)B1c2c(cccc2N(c2cc4c(cc2-c2ccccc2)OCCO4)c2oc4ccc(C(C)(C)C)cc4c21)N3c1cc2c(cc1-c1ccccc1)OCCO2. The summed E-state index contributed by atoms with van der Waals surface area (Å²) in [5.41, 5.74) is 15.1. The van der Waals surface area contributed by atoms with Crippen molar-refractivity contribution in [2.45, 2.75) is 52.4 Å². The maximum Gasteiger partial charge on any atom is 0.262 e. The Morgan fingerprint density at radius 1 is 0.403 bits per heavy atom. The van der Waals surface area contributed by atoms with Crippen LogP contribution in [-0.4, -0.2) is 33.1 Å². The van der Waals surface area contributed by atoms with E-state index in [1.807, 2.05) is 0 Å². The quantitative estimate of drug-likeness (QED) is 0.162. The maximum absolute atomic E-state index is 7.32. The summed E-state index contributed by atoms with van der Waals surface area (Å²) in [7, 11) is 0. The van der Waals surface area contributed by atoms with Crippen LogP contribution in [0.5, 0.6) is 23.0 Å². The average Bonchev–Trinajstić information content (AvgIpc) is 3.91. The van der Waals surface area contributed by atoms with E-state index < -0.39 is 0 Å². The molecule has 0 aliphatic carbocycles. The number of ether oxygens (including phenoxy) is 4. The lowest BCUT2D eigenvalue weighted by Gasteiger charge is -2.41. The highest BCUT2D eigenvalue weighted by molar-refractivity contribution is 7.02. The Morgan fingerprint density at radius 2 is 0.806 bits per heavy atom. The van der Waals surface area contributed by atoms with Crippen molar-refractivity contribution < 1.29 is 27.8 Å². The van der Waals surface area contributed by atoms with Crippen molar-refractivity contribution in [2.75, 3.05) is 36.2 Å². The molecule has 0 fully saturated rings.